The lowest BCUT2D eigenvalue weighted by atomic mass is 10.1. The Morgan fingerprint density at radius 1 is 1.40 bits per heavy atom. The minimum atomic E-state index is -0.424. The van der Waals surface area contributed by atoms with Crippen molar-refractivity contribution in [3.05, 3.63) is 35.4 Å². The van der Waals surface area contributed by atoms with E-state index in [4.69, 9.17) is 4.74 Å². The zero-order chi connectivity index (χ0) is 11.3. The molecule has 1 rings (SSSR count). The van der Waals surface area contributed by atoms with Crippen molar-refractivity contribution in [1.82, 2.24) is 5.32 Å². The van der Waals surface area contributed by atoms with Crippen LogP contribution in [0.4, 0.5) is 8.78 Å². The van der Waals surface area contributed by atoms with Gasteiger partial charge in [-0.25, -0.2) is 8.78 Å². The van der Waals surface area contributed by atoms with Crippen LogP contribution in [0, 0.1) is 11.6 Å². The molecule has 0 aromatic heterocycles. The van der Waals surface area contributed by atoms with Crippen LogP contribution in [0.5, 0.6) is 0 Å². The van der Waals surface area contributed by atoms with Crippen LogP contribution < -0.4 is 5.32 Å². The monoisotopic (exact) mass is 215 g/mol. The summed E-state index contributed by atoms with van der Waals surface area (Å²) in [5, 5.41) is 3.04. The van der Waals surface area contributed by atoms with E-state index in [-0.39, 0.29) is 6.04 Å². The second-order valence-corrected chi connectivity index (χ2v) is 3.33. The van der Waals surface area contributed by atoms with Gasteiger partial charge in [0.25, 0.3) is 0 Å². The lowest BCUT2D eigenvalue weighted by Crippen LogP contribution is -2.23. The number of hydrogen-bond donors (Lipinski definition) is 1. The Labute approximate surface area is 88.3 Å². The highest BCUT2D eigenvalue weighted by molar-refractivity contribution is 5.21. The van der Waals surface area contributed by atoms with Crippen molar-refractivity contribution < 1.29 is 13.5 Å². The summed E-state index contributed by atoms with van der Waals surface area (Å²) in [7, 11) is 1.59. The Hall–Kier alpha value is -1.00. The minimum absolute atomic E-state index is 0.226. The fourth-order valence-electron chi connectivity index (χ4n) is 1.33. The van der Waals surface area contributed by atoms with Crippen molar-refractivity contribution in [3.63, 3.8) is 0 Å². The maximum Gasteiger partial charge on any atom is 0.128 e. The smallest absolute Gasteiger partial charge is 0.128 e. The van der Waals surface area contributed by atoms with Crippen LogP contribution in [0.1, 0.15) is 18.5 Å². The number of benzene rings is 1. The highest BCUT2D eigenvalue weighted by Gasteiger charge is 2.10. The Balaban J connectivity index is 2.64. The van der Waals surface area contributed by atoms with Crippen molar-refractivity contribution in [1.29, 1.82) is 0 Å². The molecule has 0 amide bonds. The Bertz CT molecular complexity index is 317. The molecule has 1 aromatic rings. The molecule has 0 radical (unpaired) electrons. The zero-order valence-electron chi connectivity index (χ0n) is 8.89. The van der Waals surface area contributed by atoms with Gasteiger partial charge in [-0.1, -0.05) is 0 Å². The molecule has 0 saturated heterocycles. The van der Waals surface area contributed by atoms with Crippen LogP contribution in [0.2, 0.25) is 0 Å². The number of methoxy groups -OCH3 is 1. The summed E-state index contributed by atoms with van der Waals surface area (Å²) in [6.45, 7) is 2.93. The topological polar surface area (TPSA) is 21.3 Å². The van der Waals surface area contributed by atoms with Crippen LogP contribution >= 0.6 is 0 Å². The van der Waals surface area contributed by atoms with Gasteiger partial charge in [-0.05, 0) is 25.1 Å². The quantitative estimate of drug-likeness (QED) is 0.761. The molecule has 0 unspecified atom stereocenters. The Kier molecular flexibility index (Phi) is 4.65. The van der Waals surface area contributed by atoms with Gasteiger partial charge in [-0.2, -0.15) is 0 Å². The molecule has 0 heterocycles. The van der Waals surface area contributed by atoms with Crippen molar-refractivity contribution in [2.75, 3.05) is 20.3 Å². The summed E-state index contributed by atoms with van der Waals surface area (Å²) in [5.74, 6) is -0.819. The number of halogens is 2. The predicted octanol–water partition coefficient (Wildman–Crippen LogP) is 2.26. The van der Waals surface area contributed by atoms with E-state index in [1.165, 1.54) is 6.07 Å². The summed E-state index contributed by atoms with van der Waals surface area (Å²) in [5.41, 5.74) is 0.339. The van der Waals surface area contributed by atoms with Gasteiger partial charge in [0.15, 0.2) is 0 Å². The maximum atomic E-state index is 13.3. The summed E-state index contributed by atoms with van der Waals surface area (Å²) < 4.78 is 31.0. The van der Waals surface area contributed by atoms with E-state index < -0.39 is 11.6 Å². The molecule has 0 aliphatic heterocycles. The third kappa shape index (κ3) is 3.57. The predicted molar refractivity (Wildman–Crippen MR) is 54.7 cm³/mol. The number of hydrogen-bond acceptors (Lipinski definition) is 2. The standard InChI is InChI=1S/C11H15F2NO/c1-8(14-5-6-15-2)10-7-9(12)3-4-11(10)13/h3-4,7-8,14H,5-6H2,1-2H3/t8-/m0/s1. The zero-order valence-corrected chi connectivity index (χ0v) is 8.89. The van der Waals surface area contributed by atoms with E-state index in [0.717, 1.165) is 12.1 Å². The van der Waals surface area contributed by atoms with Crippen LogP contribution in [-0.2, 0) is 4.74 Å². The molecule has 0 aliphatic carbocycles. The number of nitrogens with one attached hydrogen (secondary N) is 1. The lowest BCUT2D eigenvalue weighted by Gasteiger charge is -2.14. The third-order valence-corrected chi connectivity index (χ3v) is 2.18. The van der Waals surface area contributed by atoms with Gasteiger partial charge >= 0.3 is 0 Å². The molecule has 1 N–H and O–H groups in total. The van der Waals surface area contributed by atoms with E-state index >= 15 is 0 Å². The summed E-state index contributed by atoms with van der Waals surface area (Å²) in [4.78, 5) is 0. The second kappa shape index (κ2) is 5.78. The van der Waals surface area contributed by atoms with E-state index in [9.17, 15) is 8.78 Å². The summed E-state index contributed by atoms with van der Waals surface area (Å²) in [6, 6.07) is 3.23. The van der Waals surface area contributed by atoms with Crippen molar-refractivity contribution in [3.8, 4) is 0 Å². The molecule has 15 heavy (non-hydrogen) atoms. The van der Waals surface area contributed by atoms with Crippen molar-refractivity contribution >= 4 is 0 Å². The van der Waals surface area contributed by atoms with Gasteiger partial charge in [0.2, 0.25) is 0 Å². The van der Waals surface area contributed by atoms with Crippen LogP contribution in [-0.4, -0.2) is 20.3 Å². The molecule has 1 atom stereocenters. The fourth-order valence-corrected chi connectivity index (χ4v) is 1.33. The molecular formula is C11H15F2NO. The SMILES string of the molecule is COCCN[C@@H](C)c1cc(F)ccc1F. The molecule has 1 aromatic carbocycles. The normalized spacial score (nSPS) is 12.8. The van der Waals surface area contributed by atoms with Gasteiger partial charge < -0.3 is 10.1 Å². The Morgan fingerprint density at radius 3 is 2.80 bits per heavy atom. The van der Waals surface area contributed by atoms with E-state index in [1.807, 2.05) is 0 Å². The summed E-state index contributed by atoms with van der Waals surface area (Å²) >= 11 is 0. The minimum Gasteiger partial charge on any atom is -0.383 e. The van der Waals surface area contributed by atoms with E-state index in [1.54, 1.807) is 14.0 Å². The van der Waals surface area contributed by atoms with E-state index in [0.29, 0.717) is 18.7 Å². The molecule has 0 aliphatic rings. The molecule has 0 saturated carbocycles. The molecule has 4 heteroatoms. The van der Waals surface area contributed by atoms with Gasteiger partial charge in [-0.15, -0.1) is 0 Å². The molecular weight excluding hydrogens is 200 g/mol. The summed E-state index contributed by atoms with van der Waals surface area (Å²) in [6.07, 6.45) is 0. The first-order valence-electron chi connectivity index (χ1n) is 4.82. The molecule has 0 bridgehead atoms. The van der Waals surface area contributed by atoms with Crippen LogP contribution in [0.3, 0.4) is 0 Å². The van der Waals surface area contributed by atoms with Crippen LogP contribution in [0.15, 0.2) is 18.2 Å². The maximum absolute atomic E-state index is 13.3. The lowest BCUT2D eigenvalue weighted by molar-refractivity contribution is 0.196. The van der Waals surface area contributed by atoms with E-state index in [2.05, 4.69) is 5.32 Å². The molecule has 2 nitrogen and oxygen atoms in total. The third-order valence-electron chi connectivity index (χ3n) is 2.18. The first-order chi connectivity index (χ1) is 7.15. The highest BCUT2D eigenvalue weighted by Crippen LogP contribution is 2.17. The van der Waals surface area contributed by atoms with Gasteiger partial charge in [0.1, 0.15) is 11.6 Å². The van der Waals surface area contributed by atoms with Crippen LogP contribution in [0.25, 0.3) is 0 Å². The Morgan fingerprint density at radius 2 is 2.13 bits per heavy atom. The largest absolute Gasteiger partial charge is 0.383 e. The average Bonchev–Trinajstić information content (AvgIpc) is 2.22. The average molecular weight is 215 g/mol. The number of ether oxygens (including phenoxy) is 1. The molecule has 0 fully saturated rings. The van der Waals surface area contributed by atoms with Gasteiger partial charge in [-0.3, -0.25) is 0 Å². The first kappa shape index (κ1) is 12.1. The second-order valence-electron chi connectivity index (χ2n) is 3.33. The molecule has 84 valence electrons. The fraction of sp³-hybridized carbons (Fsp3) is 0.455. The van der Waals surface area contributed by atoms with Crippen molar-refractivity contribution in [2.24, 2.45) is 0 Å². The number of rotatable bonds is 5. The van der Waals surface area contributed by atoms with Gasteiger partial charge in [0.05, 0.1) is 6.61 Å². The van der Waals surface area contributed by atoms with Crippen molar-refractivity contribution in [2.45, 2.75) is 13.0 Å². The first-order valence-corrected chi connectivity index (χ1v) is 4.82. The molecule has 0 spiro atoms. The van der Waals surface area contributed by atoms with Gasteiger partial charge in [0, 0.05) is 25.3 Å². The highest BCUT2D eigenvalue weighted by atomic mass is 19.1.